The number of benzene rings is 1. The van der Waals surface area contributed by atoms with E-state index < -0.39 is 5.54 Å². The third kappa shape index (κ3) is 2.51. The van der Waals surface area contributed by atoms with Crippen LogP contribution in [0.1, 0.15) is 40.0 Å². The first-order chi connectivity index (χ1) is 8.47. The van der Waals surface area contributed by atoms with E-state index in [1.165, 1.54) is 0 Å². The summed E-state index contributed by atoms with van der Waals surface area (Å²) in [5.41, 5.74) is 1.00. The van der Waals surface area contributed by atoms with Crippen LogP contribution < -0.4 is 5.32 Å². The van der Waals surface area contributed by atoms with Gasteiger partial charge in [0.05, 0.1) is 6.07 Å². The maximum Gasteiger partial charge on any atom is 0.128 e. The highest BCUT2D eigenvalue weighted by molar-refractivity contribution is 5.48. The van der Waals surface area contributed by atoms with Crippen LogP contribution in [0.3, 0.4) is 0 Å². The highest BCUT2D eigenvalue weighted by atomic mass is 15.0. The van der Waals surface area contributed by atoms with Crippen LogP contribution in [0.25, 0.3) is 0 Å². The van der Waals surface area contributed by atoms with Crippen molar-refractivity contribution in [1.82, 2.24) is 0 Å². The van der Waals surface area contributed by atoms with Gasteiger partial charge in [0, 0.05) is 5.69 Å². The Bertz CT molecular complexity index is 444. The SMILES string of the molecule is CC1CC(C)(C)CCC1(C#N)Nc1ccccc1. The maximum atomic E-state index is 9.63. The predicted octanol–water partition coefficient (Wildman–Crippen LogP) is 4.21. The Balaban J connectivity index is 2.20. The maximum absolute atomic E-state index is 9.63. The molecule has 0 radical (unpaired) electrons. The van der Waals surface area contributed by atoms with Crippen molar-refractivity contribution in [3.05, 3.63) is 30.3 Å². The summed E-state index contributed by atoms with van der Waals surface area (Å²) in [5, 5.41) is 13.1. The zero-order valence-electron chi connectivity index (χ0n) is 11.5. The number of para-hydroxylation sites is 1. The zero-order valence-corrected chi connectivity index (χ0v) is 11.5. The Morgan fingerprint density at radius 3 is 2.44 bits per heavy atom. The van der Waals surface area contributed by atoms with Gasteiger partial charge in [0.2, 0.25) is 0 Å². The lowest BCUT2D eigenvalue weighted by molar-refractivity contribution is 0.146. The third-order valence-electron chi connectivity index (χ3n) is 4.24. The number of anilines is 1. The van der Waals surface area contributed by atoms with E-state index in [0.717, 1.165) is 24.9 Å². The van der Waals surface area contributed by atoms with Gasteiger partial charge < -0.3 is 5.32 Å². The molecular formula is C16H22N2. The van der Waals surface area contributed by atoms with E-state index in [4.69, 9.17) is 0 Å². The molecule has 2 heteroatoms. The second-order valence-corrected chi connectivity index (χ2v) is 6.34. The average molecular weight is 242 g/mol. The highest BCUT2D eigenvalue weighted by Crippen LogP contribution is 2.44. The van der Waals surface area contributed by atoms with Gasteiger partial charge in [0.1, 0.15) is 5.54 Å². The second kappa shape index (κ2) is 4.65. The summed E-state index contributed by atoms with van der Waals surface area (Å²) in [4.78, 5) is 0. The molecule has 2 nitrogen and oxygen atoms in total. The van der Waals surface area contributed by atoms with Crippen molar-refractivity contribution in [2.24, 2.45) is 11.3 Å². The van der Waals surface area contributed by atoms with E-state index in [0.29, 0.717) is 11.3 Å². The van der Waals surface area contributed by atoms with E-state index in [1.807, 2.05) is 30.3 Å². The van der Waals surface area contributed by atoms with Gasteiger partial charge in [0.15, 0.2) is 0 Å². The Morgan fingerprint density at radius 1 is 1.22 bits per heavy atom. The number of nitriles is 1. The predicted molar refractivity (Wildman–Crippen MR) is 75.2 cm³/mol. The summed E-state index contributed by atoms with van der Waals surface area (Å²) >= 11 is 0. The molecular weight excluding hydrogens is 220 g/mol. The molecule has 1 aromatic rings. The van der Waals surface area contributed by atoms with Crippen LogP contribution in [0, 0.1) is 22.7 Å². The molecule has 2 atom stereocenters. The van der Waals surface area contributed by atoms with Gasteiger partial charge in [-0.15, -0.1) is 0 Å². The van der Waals surface area contributed by atoms with E-state index in [2.05, 4.69) is 32.2 Å². The molecule has 2 rings (SSSR count). The van der Waals surface area contributed by atoms with Gasteiger partial charge in [-0.2, -0.15) is 5.26 Å². The summed E-state index contributed by atoms with van der Waals surface area (Å²) in [6, 6.07) is 12.6. The third-order valence-corrected chi connectivity index (χ3v) is 4.24. The number of nitrogens with one attached hydrogen (secondary N) is 1. The Labute approximate surface area is 110 Å². The molecule has 0 spiro atoms. The smallest absolute Gasteiger partial charge is 0.128 e. The molecule has 0 bridgehead atoms. The van der Waals surface area contributed by atoms with Gasteiger partial charge in [-0.3, -0.25) is 0 Å². The zero-order chi connectivity index (χ0) is 13.2. The quantitative estimate of drug-likeness (QED) is 0.843. The molecule has 1 N–H and O–H groups in total. The number of hydrogen-bond donors (Lipinski definition) is 1. The van der Waals surface area contributed by atoms with Crippen LogP contribution >= 0.6 is 0 Å². The van der Waals surface area contributed by atoms with Crippen LogP contribution in [0.4, 0.5) is 5.69 Å². The van der Waals surface area contributed by atoms with E-state index in [1.54, 1.807) is 0 Å². The molecule has 0 aromatic heterocycles. The molecule has 96 valence electrons. The molecule has 1 aliphatic rings. The first kappa shape index (κ1) is 13.0. The topological polar surface area (TPSA) is 35.8 Å². The van der Waals surface area contributed by atoms with Gasteiger partial charge in [-0.1, -0.05) is 39.0 Å². The molecule has 1 aromatic carbocycles. The lowest BCUT2D eigenvalue weighted by Crippen LogP contribution is -2.48. The molecule has 0 aliphatic heterocycles. The molecule has 18 heavy (non-hydrogen) atoms. The molecule has 0 saturated heterocycles. The summed E-state index contributed by atoms with van der Waals surface area (Å²) in [6.45, 7) is 6.79. The first-order valence-corrected chi connectivity index (χ1v) is 6.72. The largest absolute Gasteiger partial charge is 0.367 e. The van der Waals surface area contributed by atoms with E-state index >= 15 is 0 Å². The van der Waals surface area contributed by atoms with Crippen molar-refractivity contribution in [3.8, 4) is 6.07 Å². The lowest BCUT2D eigenvalue weighted by atomic mass is 9.64. The van der Waals surface area contributed by atoms with Gasteiger partial charge >= 0.3 is 0 Å². The fourth-order valence-corrected chi connectivity index (χ4v) is 3.05. The standard InChI is InChI=1S/C16H22N2/c1-13-11-15(2,3)9-10-16(13,12-17)18-14-7-5-4-6-8-14/h4-8,13,18H,9-11H2,1-3H3. The van der Waals surface area contributed by atoms with Gasteiger partial charge in [0.25, 0.3) is 0 Å². The van der Waals surface area contributed by atoms with Crippen molar-refractivity contribution < 1.29 is 0 Å². The summed E-state index contributed by atoms with van der Waals surface area (Å²) in [6.07, 6.45) is 3.12. The molecule has 0 heterocycles. The van der Waals surface area contributed by atoms with Crippen molar-refractivity contribution in [3.63, 3.8) is 0 Å². The number of rotatable bonds is 2. The fourth-order valence-electron chi connectivity index (χ4n) is 3.05. The average Bonchev–Trinajstić information content (AvgIpc) is 2.34. The van der Waals surface area contributed by atoms with Crippen LogP contribution in [0.2, 0.25) is 0 Å². The minimum Gasteiger partial charge on any atom is -0.367 e. The number of nitrogens with zero attached hydrogens (tertiary/aromatic N) is 1. The molecule has 1 aliphatic carbocycles. The fraction of sp³-hybridized carbons (Fsp3) is 0.562. The molecule has 1 saturated carbocycles. The van der Waals surface area contributed by atoms with E-state index in [9.17, 15) is 5.26 Å². The van der Waals surface area contributed by atoms with Crippen LogP contribution in [0.5, 0.6) is 0 Å². The van der Waals surface area contributed by atoms with Gasteiger partial charge in [-0.25, -0.2) is 0 Å². The molecule has 1 fully saturated rings. The number of hydrogen-bond acceptors (Lipinski definition) is 2. The normalized spacial score (nSPS) is 30.4. The Hall–Kier alpha value is -1.49. The highest BCUT2D eigenvalue weighted by Gasteiger charge is 2.44. The summed E-state index contributed by atoms with van der Waals surface area (Å²) < 4.78 is 0. The van der Waals surface area contributed by atoms with Crippen molar-refractivity contribution >= 4 is 5.69 Å². The monoisotopic (exact) mass is 242 g/mol. The van der Waals surface area contributed by atoms with Crippen LogP contribution in [-0.2, 0) is 0 Å². The minimum atomic E-state index is -0.406. The molecule has 2 unspecified atom stereocenters. The summed E-state index contributed by atoms with van der Waals surface area (Å²) in [5.74, 6) is 0.367. The summed E-state index contributed by atoms with van der Waals surface area (Å²) in [7, 11) is 0. The minimum absolute atomic E-state index is 0.359. The first-order valence-electron chi connectivity index (χ1n) is 6.72. The van der Waals surface area contributed by atoms with E-state index in [-0.39, 0.29) is 0 Å². The van der Waals surface area contributed by atoms with Crippen molar-refractivity contribution in [2.45, 2.75) is 45.6 Å². The Morgan fingerprint density at radius 2 is 1.89 bits per heavy atom. The van der Waals surface area contributed by atoms with Crippen LogP contribution in [-0.4, -0.2) is 5.54 Å². The second-order valence-electron chi connectivity index (χ2n) is 6.34. The lowest BCUT2D eigenvalue weighted by Gasteiger charge is -2.45. The van der Waals surface area contributed by atoms with Crippen molar-refractivity contribution in [1.29, 1.82) is 5.26 Å². The van der Waals surface area contributed by atoms with Crippen molar-refractivity contribution in [2.75, 3.05) is 5.32 Å². The van der Waals surface area contributed by atoms with Crippen LogP contribution in [0.15, 0.2) is 30.3 Å². The van der Waals surface area contributed by atoms with Gasteiger partial charge in [-0.05, 0) is 42.7 Å². The Kier molecular flexibility index (Phi) is 3.34. The molecule has 0 amide bonds.